The molecule has 9 aromatic carbocycles. The summed E-state index contributed by atoms with van der Waals surface area (Å²) >= 11 is 0. The molecule has 11 aromatic rings. The molecule has 2 heterocycles. The molecule has 13 rings (SSSR count). The van der Waals surface area contributed by atoms with Crippen LogP contribution in [0.5, 0.6) is 0 Å². The van der Waals surface area contributed by atoms with Gasteiger partial charge in [-0.15, -0.1) is 0 Å². The minimum atomic E-state index is 0.0815. The van der Waals surface area contributed by atoms with Gasteiger partial charge in [-0.25, -0.2) is 15.0 Å². The van der Waals surface area contributed by atoms with Crippen LogP contribution in [0.1, 0.15) is 40.2 Å². The predicted molar refractivity (Wildman–Crippen MR) is 261 cm³/mol. The molecule has 2 aliphatic rings. The molecule has 0 N–H and O–H groups in total. The van der Waals surface area contributed by atoms with E-state index in [4.69, 9.17) is 19.4 Å². The molecule has 4 nitrogen and oxygen atoms in total. The quantitative estimate of drug-likeness (QED) is 0.174. The third-order valence-corrected chi connectivity index (χ3v) is 13.7. The van der Waals surface area contributed by atoms with Crippen molar-refractivity contribution >= 4 is 32.7 Å². The van der Waals surface area contributed by atoms with Crippen molar-refractivity contribution in [3.63, 3.8) is 0 Å². The fourth-order valence-electron chi connectivity index (χ4n) is 10.5. The van der Waals surface area contributed by atoms with E-state index in [0.29, 0.717) is 17.5 Å². The van der Waals surface area contributed by atoms with E-state index in [1.165, 1.54) is 60.8 Å². The van der Waals surface area contributed by atoms with E-state index in [1.807, 2.05) is 12.1 Å². The molecule has 1 unspecified atom stereocenters. The lowest BCUT2D eigenvalue weighted by atomic mass is 9.78. The van der Waals surface area contributed by atoms with E-state index in [0.717, 1.165) is 75.4 Å². The maximum atomic E-state index is 6.42. The third kappa shape index (κ3) is 6.17. The number of nitrogens with zero attached hydrogens (tertiary/aromatic N) is 3. The van der Waals surface area contributed by atoms with Gasteiger partial charge in [0.05, 0.1) is 0 Å². The van der Waals surface area contributed by atoms with Crippen molar-refractivity contribution in [1.29, 1.82) is 0 Å². The van der Waals surface area contributed by atoms with Crippen LogP contribution >= 0.6 is 0 Å². The van der Waals surface area contributed by atoms with E-state index >= 15 is 0 Å². The molecule has 302 valence electrons. The minimum absolute atomic E-state index is 0.0815. The number of aryl methyl sites for hydroxylation is 3. The molecule has 0 saturated heterocycles. The summed E-state index contributed by atoms with van der Waals surface area (Å²) in [6.45, 7) is 0. The Balaban J connectivity index is 1.05. The van der Waals surface area contributed by atoms with Gasteiger partial charge in [0.25, 0.3) is 0 Å². The van der Waals surface area contributed by atoms with Crippen LogP contribution in [0, 0.1) is 0 Å². The Kier molecular flexibility index (Phi) is 8.51. The highest BCUT2D eigenvalue weighted by atomic mass is 16.3. The molecule has 2 aliphatic carbocycles. The second kappa shape index (κ2) is 14.9. The summed E-state index contributed by atoms with van der Waals surface area (Å²) in [6, 6.07) is 70.2. The molecule has 0 amide bonds. The molecule has 0 spiro atoms. The Morgan fingerprint density at radius 2 is 0.984 bits per heavy atom. The topological polar surface area (TPSA) is 51.8 Å². The monoisotopic (exact) mass is 819 g/mol. The lowest BCUT2D eigenvalue weighted by Gasteiger charge is -2.27. The number of para-hydroxylation sites is 1. The van der Waals surface area contributed by atoms with Gasteiger partial charge in [-0.1, -0.05) is 152 Å². The second-order valence-corrected chi connectivity index (χ2v) is 17.4. The summed E-state index contributed by atoms with van der Waals surface area (Å²) in [6.07, 6.45) is 3.84. The van der Waals surface area contributed by atoms with E-state index in [-0.39, 0.29) is 5.92 Å². The van der Waals surface area contributed by atoms with Gasteiger partial charge in [0, 0.05) is 33.4 Å². The van der Waals surface area contributed by atoms with Crippen LogP contribution in [0.4, 0.5) is 0 Å². The number of fused-ring (bicyclic) bond motifs is 10. The number of benzene rings is 9. The summed E-state index contributed by atoms with van der Waals surface area (Å²) in [5.74, 6) is 2.01. The van der Waals surface area contributed by atoms with Crippen LogP contribution in [0.3, 0.4) is 0 Å². The normalized spacial score (nSPS) is 14.2. The lowest BCUT2D eigenvalue weighted by Crippen LogP contribution is -2.11. The second-order valence-electron chi connectivity index (χ2n) is 17.4. The molecule has 0 aliphatic heterocycles. The van der Waals surface area contributed by atoms with Crippen molar-refractivity contribution in [2.24, 2.45) is 0 Å². The van der Waals surface area contributed by atoms with Crippen LogP contribution in [0.25, 0.3) is 100 Å². The van der Waals surface area contributed by atoms with Crippen molar-refractivity contribution in [3.05, 3.63) is 222 Å². The highest BCUT2D eigenvalue weighted by Gasteiger charge is 2.30. The molecular formula is C60H41N3O. The molecule has 2 aromatic heterocycles. The third-order valence-electron chi connectivity index (χ3n) is 13.7. The Bertz CT molecular complexity index is 3640. The maximum Gasteiger partial charge on any atom is 0.164 e. The van der Waals surface area contributed by atoms with Crippen molar-refractivity contribution in [3.8, 4) is 67.5 Å². The Labute approximate surface area is 371 Å². The zero-order valence-corrected chi connectivity index (χ0v) is 35.1. The van der Waals surface area contributed by atoms with Crippen molar-refractivity contribution in [1.82, 2.24) is 15.0 Å². The fourth-order valence-corrected chi connectivity index (χ4v) is 10.5. The zero-order chi connectivity index (χ0) is 42.1. The first-order chi connectivity index (χ1) is 31.7. The number of hydrogen-bond acceptors (Lipinski definition) is 4. The predicted octanol–water partition coefficient (Wildman–Crippen LogP) is 15.1. The van der Waals surface area contributed by atoms with Gasteiger partial charge in [0.2, 0.25) is 0 Å². The Hall–Kier alpha value is -7.95. The van der Waals surface area contributed by atoms with E-state index in [1.54, 1.807) is 0 Å². The van der Waals surface area contributed by atoms with Gasteiger partial charge in [-0.2, -0.15) is 0 Å². The average molecular weight is 820 g/mol. The summed E-state index contributed by atoms with van der Waals surface area (Å²) in [5.41, 5.74) is 18.8. The summed E-state index contributed by atoms with van der Waals surface area (Å²) in [4.78, 5) is 16.3. The minimum Gasteiger partial charge on any atom is -0.456 e. The largest absolute Gasteiger partial charge is 0.456 e. The average Bonchev–Trinajstić information content (AvgIpc) is 3.66. The molecular weight excluding hydrogens is 779 g/mol. The van der Waals surface area contributed by atoms with Crippen molar-refractivity contribution < 1.29 is 4.42 Å². The molecule has 0 bridgehead atoms. The first-order valence-corrected chi connectivity index (χ1v) is 22.4. The molecule has 4 heteroatoms. The highest BCUT2D eigenvalue weighted by molar-refractivity contribution is 6.05. The zero-order valence-electron chi connectivity index (χ0n) is 35.1. The molecule has 0 saturated carbocycles. The smallest absolute Gasteiger partial charge is 0.164 e. The number of aromatic nitrogens is 3. The van der Waals surface area contributed by atoms with Crippen LogP contribution in [-0.2, 0) is 19.3 Å². The molecule has 1 atom stereocenters. The van der Waals surface area contributed by atoms with Crippen LogP contribution < -0.4 is 0 Å². The van der Waals surface area contributed by atoms with E-state index in [2.05, 4.69) is 182 Å². The SMILES string of the molecule is c1ccc(-c2cccc(-c3nc(-c4ccc5c(c4)oc4ccccc45)nc(-c4cc5c(cc4C4CCc6cc7ccccc7cc6-c6ccccc64)-c4ccccc4CC5)n3)c2)cc1. The Morgan fingerprint density at radius 3 is 1.88 bits per heavy atom. The Morgan fingerprint density at radius 1 is 0.344 bits per heavy atom. The van der Waals surface area contributed by atoms with Crippen LogP contribution in [0.15, 0.2) is 199 Å². The maximum absolute atomic E-state index is 6.42. The summed E-state index contributed by atoms with van der Waals surface area (Å²) in [7, 11) is 0. The molecule has 64 heavy (non-hydrogen) atoms. The van der Waals surface area contributed by atoms with Gasteiger partial charge >= 0.3 is 0 Å². The number of rotatable bonds is 5. The molecule has 0 fully saturated rings. The van der Waals surface area contributed by atoms with Crippen LogP contribution in [0.2, 0.25) is 0 Å². The van der Waals surface area contributed by atoms with Crippen molar-refractivity contribution in [2.45, 2.75) is 31.6 Å². The lowest BCUT2D eigenvalue weighted by molar-refractivity contribution is 0.669. The van der Waals surface area contributed by atoms with E-state index < -0.39 is 0 Å². The summed E-state index contributed by atoms with van der Waals surface area (Å²) < 4.78 is 6.42. The van der Waals surface area contributed by atoms with Gasteiger partial charge in [0.15, 0.2) is 17.5 Å². The molecule has 0 radical (unpaired) electrons. The van der Waals surface area contributed by atoms with E-state index in [9.17, 15) is 0 Å². The summed E-state index contributed by atoms with van der Waals surface area (Å²) in [5, 5.41) is 4.72. The first-order valence-electron chi connectivity index (χ1n) is 22.4. The fraction of sp³-hybridized carbons (Fsp3) is 0.0833. The number of hydrogen-bond donors (Lipinski definition) is 0. The van der Waals surface area contributed by atoms with Gasteiger partial charge in [-0.05, 0) is 140 Å². The number of furan rings is 1. The van der Waals surface area contributed by atoms with Crippen LogP contribution in [-0.4, -0.2) is 15.0 Å². The van der Waals surface area contributed by atoms with Crippen molar-refractivity contribution in [2.75, 3.05) is 0 Å². The van der Waals surface area contributed by atoms with Gasteiger partial charge < -0.3 is 4.42 Å². The highest BCUT2D eigenvalue weighted by Crippen LogP contribution is 2.48. The van der Waals surface area contributed by atoms with Gasteiger partial charge in [0.1, 0.15) is 11.2 Å². The van der Waals surface area contributed by atoms with Gasteiger partial charge in [-0.3, -0.25) is 0 Å². The standard InChI is InChI=1S/C60H41N3O/c1-2-13-37(14-3-1)39-18-12-19-44(32-39)58-61-59(45-28-30-51-50-23-10-11-24-56(50)64-57(51)35-45)63-60(62-58)55-34-43-26-25-38-15-6-7-20-46(38)53(43)36-54(55)49-29-27-42-31-40-16-4-5-17-41(40)33-52(42)48-22-9-8-21-47(48)49/h1-24,28,30-36,49H,25-27,29H2. The first kappa shape index (κ1) is 36.7.